The fraction of sp³-hybridized carbons (Fsp3) is 0.771. The minimum atomic E-state index is -0.399. The Morgan fingerprint density at radius 3 is 2.19 bits per heavy atom. The highest BCUT2D eigenvalue weighted by Gasteiger charge is 2.33. The van der Waals surface area contributed by atoms with Crippen molar-refractivity contribution in [3.05, 3.63) is 22.3 Å². The number of hydrogen-bond donors (Lipinski definition) is 0. The zero-order valence-electron chi connectivity index (χ0n) is 25.9. The van der Waals surface area contributed by atoms with Crippen LogP contribution in [0.4, 0.5) is 0 Å². The Bertz CT molecular complexity index is 887. The van der Waals surface area contributed by atoms with E-state index in [1.54, 1.807) is 0 Å². The molecule has 0 amide bonds. The van der Waals surface area contributed by atoms with Crippen molar-refractivity contribution in [2.24, 2.45) is 17.8 Å². The van der Waals surface area contributed by atoms with Gasteiger partial charge in [0.2, 0.25) is 0 Å². The smallest absolute Gasteiger partial charge is 0.166 e. The van der Waals surface area contributed by atoms with Gasteiger partial charge in [-0.3, -0.25) is 0 Å². The van der Waals surface area contributed by atoms with Crippen LogP contribution in [0.3, 0.4) is 0 Å². The van der Waals surface area contributed by atoms with Gasteiger partial charge in [-0.05, 0) is 81.4 Å². The number of rotatable bonds is 15. The molecule has 1 aliphatic rings. The summed E-state index contributed by atoms with van der Waals surface area (Å²) in [5, 5.41) is 0. The molecule has 2 rings (SSSR count). The van der Waals surface area contributed by atoms with Crippen LogP contribution in [0.15, 0.2) is 0 Å². The first-order chi connectivity index (χ1) is 17.6. The van der Waals surface area contributed by atoms with Crippen LogP contribution >= 0.6 is 0 Å². The van der Waals surface area contributed by atoms with Gasteiger partial charge in [-0.2, -0.15) is 0 Å². The highest BCUT2D eigenvalue weighted by Crippen LogP contribution is 2.43. The molecule has 2 unspecified atom stereocenters. The SMILES string of the molecule is CCCCCCOc1c(C)c(C)c2c(c1C)CC[C@@](C)(C#CCC(C)CCCC(C)CCCC(C)C)O2. The average Bonchev–Trinajstić information content (AvgIpc) is 2.84. The Morgan fingerprint density at radius 2 is 1.51 bits per heavy atom. The summed E-state index contributed by atoms with van der Waals surface area (Å²) in [6.07, 6.45) is 15.9. The number of benzene rings is 1. The minimum absolute atomic E-state index is 0.399. The summed E-state index contributed by atoms with van der Waals surface area (Å²) in [5.74, 6) is 11.5. The fourth-order valence-corrected chi connectivity index (χ4v) is 5.59. The molecule has 1 aromatic carbocycles. The number of ether oxygens (including phenoxy) is 2. The van der Waals surface area contributed by atoms with E-state index in [0.29, 0.717) is 5.92 Å². The molecule has 0 radical (unpaired) electrons. The van der Waals surface area contributed by atoms with Crippen molar-refractivity contribution in [3.8, 4) is 23.3 Å². The normalized spacial score (nSPS) is 18.5. The van der Waals surface area contributed by atoms with E-state index in [9.17, 15) is 0 Å². The maximum atomic E-state index is 6.64. The Balaban J connectivity index is 1.89. The summed E-state index contributed by atoms with van der Waals surface area (Å²) in [5.41, 5.74) is 4.62. The van der Waals surface area contributed by atoms with E-state index in [4.69, 9.17) is 9.47 Å². The Kier molecular flexibility index (Phi) is 13.4. The molecule has 1 aromatic rings. The molecule has 0 N–H and O–H groups in total. The monoisotopic (exact) mass is 510 g/mol. The van der Waals surface area contributed by atoms with Crippen molar-refractivity contribution in [1.29, 1.82) is 0 Å². The molecule has 0 saturated carbocycles. The van der Waals surface area contributed by atoms with Crippen LogP contribution < -0.4 is 9.47 Å². The van der Waals surface area contributed by atoms with Gasteiger partial charge in [0.05, 0.1) is 6.61 Å². The van der Waals surface area contributed by atoms with Crippen LogP contribution in [0.25, 0.3) is 0 Å². The summed E-state index contributed by atoms with van der Waals surface area (Å²) < 4.78 is 12.9. The first-order valence-electron chi connectivity index (χ1n) is 15.5. The van der Waals surface area contributed by atoms with Gasteiger partial charge < -0.3 is 9.47 Å². The van der Waals surface area contributed by atoms with Gasteiger partial charge >= 0.3 is 0 Å². The van der Waals surface area contributed by atoms with E-state index in [2.05, 4.69) is 74.2 Å². The summed E-state index contributed by atoms with van der Waals surface area (Å²) >= 11 is 0. The Hall–Kier alpha value is -1.62. The van der Waals surface area contributed by atoms with E-state index in [-0.39, 0.29) is 0 Å². The second kappa shape index (κ2) is 15.7. The molecule has 2 nitrogen and oxygen atoms in total. The van der Waals surface area contributed by atoms with E-state index < -0.39 is 5.60 Å². The third-order valence-corrected chi connectivity index (χ3v) is 8.41. The van der Waals surface area contributed by atoms with Crippen LogP contribution in [0.5, 0.6) is 11.5 Å². The van der Waals surface area contributed by atoms with Crippen molar-refractivity contribution < 1.29 is 9.47 Å². The van der Waals surface area contributed by atoms with Gasteiger partial charge in [0.15, 0.2) is 5.60 Å². The van der Waals surface area contributed by atoms with E-state index in [1.807, 2.05) is 0 Å². The van der Waals surface area contributed by atoms with Crippen LogP contribution in [0, 0.1) is 50.4 Å². The molecule has 0 aromatic heterocycles. The molecule has 0 saturated heterocycles. The third-order valence-electron chi connectivity index (χ3n) is 8.41. The standard InChI is InChI=1S/C35H58O2/c1-10-11-12-13-25-36-33-29(6)30(7)34-32(31(33)8)22-24-35(9,37-34)23-16-21-28(5)20-15-19-27(4)18-14-17-26(2)3/h26-28H,10-15,17-22,24-25H2,1-9H3/t27?,28?,35-/m1/s1. The van der Waals surface area contributed by atoms with Gasteiger partial charge in [-0.1, -0.05) is 97.8 Å². The van der Waals surface area contributed by atoms with Crippen LogP contribution in [0.1, 0.15) is 141 Å². The molecule has 2 heteroatoms. The molecule has 1 heterocycles. The van der Waals surface area contributed by atoms with Crippen molar-refractivity contribution in [1.82, 2.24) is 0 Å². The summed E-state index contributed by atoms with van der Waals surface area (Å²) in [6, 6.07) is 0. The second-order valence-corrected chi connectivity index (χ2v) is 12.7. The molecule has 37 heavy (non-hydrogen) atoms. The van der Waals surface area contributed by atoms with Crippen LogP contribution in [-0.2, 0) is 6.42 Å². The van der Waals surface area contributed by atoms with Gasteiger partial charge in [-0.25, -0.2) is 0 Å². The first-order valence-corrected chi connectivity index (χ1v) is 15.5. The summed E-state index contributed by atoms with van der Waals surface area (Å²) in [4.78, 5) is 0. The van der Waals surface area contributed by atoms with Crippen LogP contribution in [0.2, 0.25) is 0 Å². The second-order valence-electron chi connectivity index (χ2n) is 12.7. The summed E-state index contributed by atoms with van der Waals surface area (Å²) in [7, 11) is 0. The van der Waals surface area contributed by atoms with Crippen molar-refractivity contribution >= 4 is 0 Å². The Morgan fingerprint density at radius 1 is 0.838 bits per heavy atom. The van der Waals surface area contributed by atoms with E-state index in [0.717, 1.165) is 55.6 Å². The van der Waals surface area contributed by atoms with Gasteiger partial charge in [-0.15, -0.1) is 0 Å². The van der Waals surface area contributed by atoms with Crippen molar-refractivity contribution in [2.75, 3.05) is 6.61 Å². The summed E-state index contributed by atoms with van der Waals surface area (Å²) in [6.45, 7) is 21.2. The fourth-order valence-electron chi connectivity index (χ4n) is 5.59. The minimum Gasteiger partial charge on any atom is -0.493 e. The lowest BCUT2D eigenvalue weighted by atomic mass is 9.87. The number of hydrogen-bond acceptors (Lipinski definition) is 2. The largest absolute Gasteiger partial charge is 0.493 e. The Labute approximate surface area is 230 Å². The van der Waals surface area contributed by atoms with Crippen molar-refractivity contribution in [2.45, 2.75) is 151 Å². The molecule has 0 bridgehead atoms. The zero-order valence-corrected chi connectivity index (χ0v) is 25.9. The maximum absolute atomic E-state index is 6.64. The molecule has 0 spiro atoms. The van der Waals surface area contributed by atoms with E-state index >= 15 is 0 Å². The maximum Gasteiger partial charge on any atom is 0.166 e. The lowest BCUT2D eigenvalue weighted by molar-refractivity contribution is 0.122. The van der Waals surface area contributed by atoms with Gasteiger partial charge in [0, 0.05) is 18.4 Å². The predicted molar refractivity (Wildman–Crippen MR) is 161 cm³/mol. The highest BCUT2D eigenvalue weighted by atomic mass is 16.5. The number of fused-ring (bicyclic) bond motifs is 1. The molecule has 3 atom stereocenters. The molecular formula is C35H58O2. The lowest BCUT2D eigenvalue weighted by Gasteiger charge is -2.35. The highest BCUT2D eigenvalue weighted by molar-refractivity contribution is 5.59. The predicted octanol–water partition coefficient (Wildman–Crippen LogP) is 10.3. The average molecular weight is 511 g/mol. The number of unbranched alkanes of at least 4 members (excludes halogenated alkanes) is 3. The third kappa shape index (κ3) is 10.2. The molecule has 1 aliphatic heterocycles. The van der Waals surface area contributed by atoms with Gasteiger partial charge in [0.25, 0.3) is 0 Å². The topological polar surface area (TPSA) is 18.5 Å². The molecule has 0 fully saturated rings. The van der Waals surface area contributed by atoms with E-state index in [1.165, 1.54) is 80.0 Å². The lowest BCUT2D eigenvalue weighted by Crippen LogP contribution is -2.35. The molecular weight excluding hydrogens is 452 g/mol. The van der Waals surface area contributed by atoms with Crippen LogP contribution in [-0.4, -0.2) is 12.2 Å². The molecule has 0 aliphatic carbocycles. The quantitative estimate of drug-likeness (QED) is 0.172. The zero-order chi connectivity index (χ0) is 27.4. The molecule has 210 valence electrons. The van der Waals surface area contributed by atoms with Gasteiger partial charge in [0.1, 0.15) is 11.5 Å². The first kappa shape index (κ1) is 31.6. The van der Waals surface area contributed by atoms with Crippen molar-refractivity contribution in [3.63, 3.8) is 0 Å².